The Kier molecular flexibility index (Phi) is 7.61. The first kappa shape index (κ1) is 25.9. The molecule has 1 saturated heterocycles. The Morgan fingerprint density at radius 3 is 2.46 bits per heavy atom. The summed E-state index contributed by atoms with van der Waals surface area (Å²) in [6, 6.07) is 14.9. The standard InChI is InChI=1S/C27H20Cl2N2O6/c1-3-36-23-13-16(8-11-22(23)37-26(34)18-10-9-17(28)14-20(18)29)12-19-24(32)30-27(35)31(25(19)33)21-7-5-4-6-15(21)2/h4-14H,3H2,1-2H3,(H,30,32,35)/b19-12+. The van der Waals surface area contributed by atoms with Crippen LogP contribution >= 0.6 is 23.2 Å². The summed E-state index contributed by atoms with van der Waals surface area (Å²) in [5, 5.41) is 2.70. The first-order valence-corrected chi connectivity index (χ1v) is 11.9. The lowest BCUT2D eigenvalue weighted by Crippen LogP contribution is -2.54. The zero-order valence-corrected chi connectivity index (χ0v) is 21.2. The molecule has 1 aliphatic rings. The summed E-state index contributed by atoms with van der Waals surface area (Å²) in [7, 11) is 0. The first-order chi connectivity index (χ1) is 17.7. The molecule has 8 nitrogen and oxygen atoms in total. The number of amides is 4. The molecule has 1 heterocycles. The van der Waals surface area contributed by atoms with Crippen molar-refractivity contribution in [3.05, 3.63) is 93.0 Å². The number of imide groups is 2. The SMILES string of the molecule is CCOc1cc(/C=C2\C(=O)NC(=O)N(c3ccccc3C)C2=O)ccc1OC(=O)c1ccc(Cl)cc1Cl. The first-order valence-electron chi connectivity index (χ1n) is 11.1. The number of urea groups is 1. The lowest BCUT2D eigenvalue weighted by molar-refractivity contribution is -0.122. The molecule has 0 radical (unpaired) electrons. The molecule has 0 aliphatic carbocycles. The maximum Gasteiger partial charge on any atom is 0.345 e. The van der Waals surface area contributed by atoms with E-state index in [1.165, 1.54) is 42.5 Å². The Morgan fingerprint density at radius 2 is 1.76 bits per heavy atom. The van der Waals surface area contributed by atoms with Crippen LogP contribution in [0.25, 0.3) is 6.08 Å². The molecule has 4 rings (SSSR count). The van der Waals surface area contributed by atoms with Gasteiger partial charge in [-0.15, -0.1) is 0 Å². The second-order valence-corrected chi connectivity index (χ2v) is 8.74. The Morgan fingerprint density at radius 1 is 1.00 bits per heavy atom. The topological polar surface area (TPSA) is 102 Å². The van der Waals surface area contributed by atoms with Crippen molar-refractivity contribution >= 4 is 58.8 Å². The Hall–Kier alpha value is -4.14. The van der Waals surface area contributed by atoms with Crippen molar-refractivity contribution in [2.24, 2.45) is 0 Å². The molecule has 10 heteroatoms. The van der Waals surface area contributed by atoms with Gasteiger partial charge in [0.2, 0.25) is 0 Å². The van der Waals surface area contributed by atoms with Crippen LogP contribution in [-0.4, -0.2) is 30.4 Å². The zero-order valence-electron chi connectivity index (χ0n) is 19.7. The summed E-state index contributed by atoms with van der Waals surface area (Å²) < 4.78 is 11.1. The molecule has 1 aliphatic heterocycles. The molecule has 37 heavy (non-hydrogen) atoms. The van der Waals surface area contributed by atoms with Gasteiger partial charge in [-0.1, -0.05) is 47.5 Å². The van der Waals surface area contributed by atoms with E-state index < -0.39 is 23.8 Å². The van der Waals surface area contributed by atoms with Gasteiger partial charge in [-0.05, 0) is 67.4 Å². The number of para-hydroxylation sites is 1. The van der Waals surface area contributed by atoms with Crippen LogP contribution in [0.4, 0.5) is 10.5 Å². The van der Waals surface area contributed by atoms with E-state index in [0.29, 0.717) is 21.8 Å². The molecule has 0 atom stereocenters. The number of rotatable bonds is 6. The average molecular weight is 539 g/mol. The molecule has 4 amide bonds. The van der Waals surface area contributed by atoms with Gasteiger partial charge in [-0.2, -0.15) is 0 Å². The number of hydrogen-bond acceptors (Lipinski definition) is 6. The highest BCUT2D eigenvalue weighted by Gasteiger charge is 2.37. The fourth-order valence-corrected chi connectivity index (χ4v) is 4.12. The molecule has 0 bridgehead atoms. The third-order valence-electron chi connectivity index (χ3n) is 5.39. The highest BCUT2D eigenvalue weighted by Crippen LogP contribution is 2.32. The predicted molar refractivity (Wildman–Crippen MR) is 139 cm³/mol. The van der Waals surface area contributed by atoms with Crippen molar-refractivity contribution in [2.75, 3.05) is 11.5 Å². The smallest absolute Gasteiger partial charge is 0.345 e. The number of ether oxygens (including phenoxy) is 2. The van der Waals surface area contributed by atoms with Crippen LogP contribution in [0.3, 0.4) is 0 Å². The van der Waals surface area contributed by atoms with Crippen molar-refractivity contribution in [3.63, 3.8) is 0 Å². The molecule has 0 spiro atoms. The molecule has 1 N–H and O–H groups in total. The normalized spacial score (nSPS) is 14.5. The van der Waals surface area contributed by atoms with Gasteiger partial charge in [0.05, 0.1) is 22.9 Å². The number of esters is 1. The van der Waals surface area contributed by atoms with Gasteiger partial charge in [0.1, 0.15) is 5.57 Å². The van der Waals surface area contributed by atoms with Gasteiger partial charge in [0.15, 0.2) is 11.5 Å². The van der Waals surface area contributed by atoms with Crippen LogP contribution in [0.1, 0.15) is 28.4 Å². The van der Waals surface area contributed by atoms with Crippen molar-refractivity contribution in [3.8, 4) is 11.5 Å². The van der Waals surface area contributed by atoms with Crippen LogP contribution in [0.15, 0.2) is 66.2 Å². The van der Waals surface area contributed by atoms with E-state index in [9.17, 15) is 19.2 Å². The van der Waals surface area contributed by atoms with E-state index >= 15 is 0 Å². The van der Waals surface area contributed by atoms with E-state index in [-0.39, 0.29) is 34.3 Å². The number of benzene rings is 3. The number of anilines is 1. The summed E-state index contributed by atoms with van der Waals surface area (Å²) in [5.74, 6) is -2.01. The molecule has 1 fully saturated rings. The van der Waals surface area contributed by atoms with Crippen molar-refractivity contribution < 1.29 is 28.7 Å². The molecule has 3 aromatic carbocycles. The summed E-state index contributed by atoms with van der Waals surface area (Å²) >= 11 is 12.0. The Bertz CT molecular complexity index is 1470. The fraction of sp³-hybridized carbons (Fsp3) is 0.111. The number of carbonyl (C=O) groups is 4. The molecule has 0 aromatic heterocycles. The summed E-state index contributed by atoms with van der Waals surface area (Å²) in [5.41, 5.74) is 1.32. The van der Waals surface area contributed by atoms with E-state index in [1.54, 1.807) is 38.1 Å². The number of nitrogens with zero attached hydrogens (tertiary/aromatic N) is 1. The molecular weight excluding hydrogens is 519 g/mol. The predicted octanol–water partition coefficient (Wildman–Crippen LogP) is 5.59. The highest BCUT2D eigenvalue weighted by molar-refractivity contribution is 6.39. The van der Waals surface area contributed by atoms with Gasteiger partial charge in [0.25, 0.3) is 11.8 Å². The number of hydrogen-bond donors (Lipinski definition) is 1. The van der Waals surface area contributed by atoms with E-state index in [1.807, 2.05) is 0 Å². The van der Waals surface area contributed by atoms with Gasteiger partial charge in [-0.3, -0.25) is 14.9 Å². The minimum absolute atomic E-state index is 0.108. The number of barbiturate groups is 1. The number of halogens is 2. The van der Waals surface area contributed by atoms with Gasteiger partial charge >= 0.3 is 12.0 Å². The third-order valence-corrected chi connectivity index (χ3v) is 5.94. The average Bonchev–Trinajstić information content (AvgIpc) is 2.84. The number of carbonyl (C=O) groups excluding carboxylic acids is 4. The summed E-state index contributed by atoms with van der Waals surface area (Å²) in [4.78, 5) is 51.8. The van der Waals surface area contributed by atoms with Crippen LogP contribution in [-0.2, 0) is 9.59 Å². The quantitative estimate of drug-likeness (QED) is 0.190. The molecule has 188 valence electrons. The summed E-state index contributed by atoms with van der Waals surface area (Å²) in [6.45, 7) is 3.75. The van der Waals surface area contributed by atoms with Crippen molar-refractivity contribution in [1.29, 1.82) is 0 Å². The van der Waals surface area contributed by atoms with E-state index in [4.69, 9.17) is 32.7 Å². The van der Waals surface area contributed by atoms with Gasteiger partial charge < -0.3 is 9.47 Å². The maximum absolute atomic E-state index is 13.2. The zero-order chi connectivity index (χ0) is 26.7. The Balaban J connectivity index is 1.66. The molecule has 3 aromatic rings. The summed E-state index contributed by atoms with van der Waals surface area (Å²) in [6.07, 6.45) is 1.33. The maximum atomic E-state index is 13.2. The molecule has 0 saturated carbocycles. The number of nitrogens with one attached hydrogen (secondary N) is 1. The van der Waals surface area contributed by atoms with Crippen LogP contribution in [0.2, 0.25) is 10.0 Å². The molecule has 0 unspecified atom stereocenters. The fourth-order valence-electron chi connectivity index (χ4n) is 3.63. The Labute approximate surface area is 222 Å². The lowest BCUT2D eigenvalue weighted by atomic mass is 10.1. The van der Waals surface area contributed by atoms with Gasteiger partial charge in [0, 0.05) is 5.02 Å². The lowest BCUT2D eigenvalue weighted by Gasteiger charge is -2.27. The monoisotopic (exact) mass is 538 g/mol. The highest BCUT2D eigenvalue weighted by atomic mass is 35.5. The van der Waals surface area contributed by atoms with E-state index in [2.05, 4.69) is 5.32 Å². The second kappa shape index (κ2) is 10.9. The van der Waals surface area contributed by atoms with Crippen LogP contribution in [0.5, 0.6) is 11.5 Å². The minimum atomic E-state index is -0.834. The number of aryl methyl sites for hydroxylation is 1. The largest absolute Gasteiger partial charge is 0.490 e. The van der Waals surface area contributed by atoms with Crippen LogP contribution in [0, 0.1) is 6.92 Å². The van der Waals surface area contributed by atoms with E-state index in [0.717, 1.165) is 4.90 Å². The van der Waals surface area contributed by atoms with Crippen LogP contribution < -0.4 is 19.7 Å². The molecular formula is C27H20Cl2N2O6. The van der Waals surface area contributed by atoms with Gasteiger partial charge in [-0.25, -0.2) is 14.5 Å². The second-order valence-electron chi connectivity index (χ2n) is 7.90. The van der Waals surface area contributed by atoms with Crippen molar-refractivity contribution in [1.82, 2.24) is 5.32 Å². The minimum Gasteiger partial charge on any atom is -0.490 e. The van der Waals surface area contributed by atoms with Crippen molar-refractivity contribution in [2.45, 2.75) is 13.8 Å². The third kappa shape index (κ3) is 5.50.